The van der Waals surface area contributed by atoms with Gasteiger partial charge in [-0.05, 0) is 57.4 Å². The third-order valence-corrected chi connectivity index (χ3v) is 4.64. The predicted molar refractivity (Wildman–Crippen MR) is 109 cm³/mol. The summed E-state index contributed by atoms with van der Waals surface area (Å²) in [5, 5.41) is 11.9. The Morgan fingerprint density at radius 3 is 2.65 bits per heavy atom. The van der Waals surface area contributed by atoms with Gasteiger partial charge >= 0.3 is 0 Å². The largest absolute Gasteiger partial charge is 0.492 e. The molecule has 4 heteroatoms. The van der Waals surface area contributed by atoms with Crippen LogP contribution in [0, 0.1) is 11.3 Å². The summed E-state index contributed by atoms with van der Waals surface area (Å²) in [6.07, 6.45) is 1.87. The van der Waals surface area contributed by atoms with Crippen molar-refractivity contribution in [2.75, 3.05) is 13.7 Å². The van der Waals surface area contributed by atoms with Crippen molar-refractivity contribution in [3.8, 4) is 17.6 Å². The number of nitrogens with zero attached hydrogens (tertiary/aromatic N) is 1. The standard InChI is InChI=1S/C22H18BrNO2/c1-3-26-21-13-15(12-20(23)22(21)25-2)11-17(14-24)19-10-6-8-16-7-4-5-9-18(16)19/h4-13H,3H2,1-2H3/b17-11-. The van der Waals surface area contributed by atoms with Crippen molar-refractivity contribution in [1.29, 1.82) is 5.26 Å². The van der Waals surface area contributed by atoms with Crippen LogP contribution in [0.5, 0.6) is 11.5 Å². The highest BCUT2D eigenvalue weighted by Gasteiger charge is 2.12. The Morgan fingerprint density at radius 2 is 1.92 bits per heavy atom. The van der Waals surface area contributed by atoms with Gasteiger partial charge in [0.2, 0.25) is 0 Å². The molecular weight excluding hydrogens is 390 g/mol. The number of methoxy groups -OCH3 is 1. The third-order valence-electron chi connectivity index (χ3n) is 4.05. The first-order chi connectivity index (χ1) is 12.7. The van der Waals surface area contributed by atoms with E-state index in [9.17, 15) is 5.26 Å². The minimum Gasteiger partial charge on any atom is -0.492 e. The van der Waals surface area contributed by atoms with E-state index in [4.69, 9.17) is 9.47 Å². The molecule has 0 saturated carbocycles. The summed E-state index contributed by atoms with van der Waals surface area (Å²) in [5.41, 5.74) is 2.38. The summed E-state index contributed by atoms with van der Waals surface area (Å²) >= 11 is 3.52. The number of benzene rings is 3. The zero-order valence-corrected chi connectivity index (χ0v) is 16.2. The number of hydrogen-bond acceptors (Lipinski definition) is 3. The van der Waals surface area contributed by atoms with Crippen molar-refractivity contribution in [2.45, 2.75) is 6.92 Å². The first kappa shape index (κ1) is 18.0. The molecule has 0 aliphatic rings. The van der Waals surface area contributed by atoms with Crippen LogP contribution in [0.1, 0.15) is 18.1 Å². The first-order valence-electron chi connectivity index (χ1n) is 8.28. The van der Waals surface area contributed by atoms with Crippen molar-refractivity contribution < 1.29 is 9.47 Å². The van der Waals surface area contributed by atoms with Crippen molar-refractivity contribution >= 4 is 38.4 Å². The normalized spacial score (nSPS) is 11.2. The Bertz CT molecular complexity index is 1010. The second-order valence-electron chi connectivity index (χ2n) is 5.66. The molecule has 3 nitrogen and oxygen atoms in total. The number of hydrogen-bond donors (Lipinski definition) is 0. The maximum atomic E-state index is 9.76. The summed E-state index contributed by atoms with van der Waals surface area (Å²) in [6.45, 7) is 2.46. The predicted octanol–water partition coefficient (Wildman–Crippen LogP) is 6.07. The number of ether oxygens (including phenoxy) is 2. The zero-order valence-electron chi connectivity index (χ0n) is 14.6. The summed E-state index contributed by atoms with van der Waals surface area (Å²) in [5.74, 6) is 1.29. The zero-order chi connectivity index (χ0) is 18.5. The molecule has 0 unspecified atom stereocenters. The van der Waals surface area contributed by atoms with Gasteiger partial charge in [0.15, 0.2) is 11.5 Å². The Morgan fingerprint density at radius 1 is 1.15 bits per heavy atom. The van der Waals surface area contributed by atoms with Gasteiger partial charge in [-0.15, -0.1) is 0 Å². The molecule has 0 heterocycles. The van der Waals surface area contributed by atoms with Gasteiger partial charge in [-0.1, -0.05) is 42.5 Å². The van der Waals surface area contributed by atoms with Crippen LogP contribution in [0.15, 0.2) is 59.1 Å². The molecule has 0 atom stereocenters. The first-order valence-corrected chi connectivity index (χ1v) is 9.07. The van der Waals surface area contributed by atoms with Crippen LogP contribution < -0.4 is 9.47 Å². The van der Waals surface area contributed by atoms with E-state index in [0.29, 0.717) is 23.7 Å². The molecule has 0 amide bonds. The van der Waals surface area contributed by atoms with Gasteiger partial charge in [-0.2, -0.15) is 5.26 Å². The van der Waals surface area contributed by atoms with E-state index in [1.165, 1.54) is 0 Å². The maximum absolute atomic E-state index is 9.76. The fraction of sp³-hybridized carbons (Fsp3) is 0.136. The lowest BCUT2D eigenvalue weighted by Crippen LogP contribution is -1.97. The molecular formula is C22H18BrNO2. The fourth-order valence-electron chi connectivity index (χ4n) is 2.93. The molecule has 0 radical (unpaired) electrons. The van der Waals surface area contributed by atoms with Crippen molar-refractivity contribution in [3.05, 3.63) is 70.2 Å². The average molecular weight is 408 g/mol. The van der Waals surface area contributed by atoms with E-state index >= 15 is 0 Å². The van der Waals surface area contributed by atoms with Gasteiger partial charge in [0, 0.05) is 5.56 Å². The van der Waals surface area contributed by atoms with E-state index in [2.05, 4.69) is 22.0 Å². The Kier molecular flexibility index (Phi) is 5.60. The molecule has 3 aromatic carbocycles. The summed E-state index contributed by atoms with van der Waals surface area (Å²) in [4.78, 5) is 0. The smallest absolute Gasteiger partial charge is 0.174 e. The van der Waals surface area contributed by atoms with E-state index in [0.717, 1.165) is 26.4 Å². The molecule has 0 N–H and O–H groups in total. The quantitative estimate of drug-likeness (QED) is 0.380. The van der Waals surface area contributed by atoms with Crippen LogP contribution >= 0.6 is 15.9 Å². The monoisotopic (exact) mass is 407 g/mol. The van der Waals surface area contributed by atoms with Gasteiger partial charge < -0.3 is 9.47 Å². The number of allylic oxidation sites excluding steroid dienone is 1. The van der Waals surface area contributed by atoms with Crippen LogP contribution in [0.3, 0.4) is 0 Å². The van der Waals surface area contributed by atoms with E-state index in [1.807, 2.05) is 67.6 Å². The van der Waals surface area contributed by atoms with Gasteiger partial charge in [-0.25, -0.2) is 0 Å². The number of fused-ring (bicyclic) bond motifs is 1. The maximum Gasteiger partial charge on any atom is 0.174 e. The van der Waals surface area contributed by atoms with Crippen LogP contribution in [-0.2, 0) is 0 Å². The average Bonchev–Trinajstić information content (AvgIpc) is 2.66. The van der Waals surface area contributed by atoms with Crippen LogP contribution in [-0.4, -0.2) is 13.7 Å². The summed E-state index contributed by atoms with van der Waals surface area (Å²) in [6, 6.07) is 20.2. The van der Waals surface area contributed by atoms with Crippen LogP contribution in [0.4, 0.5) is 0 Å². The SMILES string of the molecule is CCOc1cc(/C=C(/C#N)c2cccc3ccccc23)cc(Br)c1OC. The van der Waals surface area contributed by atoms with Crippen molar-refractivity contribution in [3.63, 3.8) is 0 Å². The lowest BCUT2D eigenvalue weighted by atomic mass is 9.97. The highest BCUT2D eigenvalue weighted by atomic mass is 79.9. The topological polar surface area (TPSA) is 42.2 Å². The van der Waals surface area contributed by atoms with Crippen LogP contribution in [0.25, 0.3) is 22.4 Å². The number of rotatable bonds is 5. The molecule has 3 rings (SSSR count). The molecule has 3 aromatic rings. The van der Waals surface area contributed by atoms with Crippen molar-refractivity contribution in [1.82, 2.24) is 0 Å². The molecule has 0 fully saturated rings. The Labute approximate surface area is 161 Å². The molecule has 0 bridgehead atoms. The van der Waals surface area contributed by atoms with Crippen molar-refractivity contribution in [2.24, 2.45) is 0 Å². The number of nitriles is 1. The van der Waals surface area contributed by atoms with Gasteiger partial charge in [0.05, 0.1) is 29.8 Å². The highest BCUT2D eigenvalue weighted by Crippen LogP contribution is 2.38. The fourth-order valence-corrected chi connectivity index (χ4v) is 3.55. The molecule has 0 aliphatic carbocycles. The van der Waals surface area contributed by atoms with Gasteiger partial charge in [0.25, 0.3) is 0 Å². The summed E-state index contributed by atoms with van der Waals surface area (Å²) < 4.78 is 11.9. The van der Waals surface area contributed by atoms with Gasteiger partial charge in [-0.3, -0.25) is 0 Å². The molecule has 0 spiro atoms. The van der Waals surface area contributed by atoms with E-state index in [-0.39, 0.29) is 0 Å². The molecule has 0 aromatic heterocycles. The van der Waals surface area contributed by atoms with Gasteiger partial charge in [0.1, 0.15) is 0 Å². The molecule has 0 saturated heterocycles. The summed E-state index contributed by atoms with van der Waals surface area (Å²) in [7, 11) is 1.61. The third kappa shape index (κ3) is 3.58. The van der Waals surface area contributed by atoms with E-state index in [1.54, 1.807) is 7.11 Å². The minimum atomic E-state index is 0.532. The molecule has 130 valence electrons. The Hall–Kier alpha value is -2.77. The highest BCUT2D eigenvalue weighted by molar-refractivity contribution is 9.10. The second kappa shape index (κ2) is 8.07. The lowest BCUT2D eigenvalue weighted by molar-refractivity contribution is 0.310. The minimum absolute atomic E-state index is 0.532. The molecule has 26 heavy (non-hydrogen) atoms. The Balaban J connectivity index is 2.14. The number of halogens is 1. The lowest BCUT2D eigenvalue weighted by Gasteiger charge is -2.12. The second-order valence-corrected chi connectivity index (χ2v) is 6.52. The van der Waals surface area contributed by atoms with E-state index < -0.39 is 0 Å². The van der Waals surface area contributed by atoms with Crippen LogP contribution in [0.2, 0.25) is 0 Å². The molecule has 0 aliphatic heterocycles.